The third-order valence-corrected chi connectivity index (χ3v) is 1.60. The molecule has 59 valence electrons. The van der Waals surface area contributed by atoms with Gasteiger partial charge in [-0.05, 0) is 30.5 Å². The predicted octanol–water partition coefficient (Wildman–Crippen LogP) is 2.46. The highest BCUT2D eigenvalue weighted by Crippen LogP contribution is 2.11. The molecule has 1 nitrogen and oxygen atoms in total. The molecule has 0 saturated heterocycles. The zero-order valence-corrected chi connectivity index (χ0v) is 7.00. The van der Waals surface area contributed by atoms with Gasteiger partial charge in [-0.1, -0.05) is 19.1 Å². The Morgan fingerprint density at radius 2 is 1.91 bits per heavy atom. The van der Waals surface area contributed by atoms with Crippen molar-refractivity contribution in [3.05, 3.63) is 36.2 Å². The molecule has 0 heterocycles. The van der Waals surface area contributed by atoms with Gasteiger partial charge in [-0.15, -0.1) is 0 Å². The summed E-state index contributed by atoms with van der Waals surface area (Å²) in [4.78, 5) is 0. The van der Waals surface area contributed by atoms with Crippen molar-refractivity contribution in [3.63, 3.8) is 0 Å². The lowest BCUT2D eigenvalue weighted by Gasteiger charge is -2.00. The Morgan fingerprint density at radius 1 is 1.27 bits per heavy atom. The van der Waals surface area contributed by atoms with Crippen LogP contribution in [0.3, 0.4) is 0 Å². The van der Waals surface area contributed by atoms with Gasteiger partial charge >= 0.3 is 0 Å². The van der Waals surface area contributed by atoms with Crippen molar-refractivity contribution in [2.75, 3.05) is 7.11 Å². The molecule has 1 rings (SSSR count). The fourth-order valence-corrected chi connectivity index (χ4v) is 0.997. The Bertz CT molecular complexity index is 201. The van der Waals surface area contributed by atoms with Gasteiger partial charge in [-0.3, -0.25) is 0 Å². The fraction of sp³-hybridized carbons (Fsp3) is 0.300. The Balaban J connectivity index is 2.66. The number of rotatable bonds is 3. The largest absolute Gasteiger partial charge is 0.497 e. The second-order valence-corrected chi connectivity index (χ2v) is 2.46. The molecule has 0 atom stereocenters. The molecule has 1 aromatic carbocycles. The fourth-order valence-electron chi connectivity index (χ4n) is 0.997. The lowest BCUT2D eigenvalue weighted by atomic mass is 10.1. The molecule has 1 radical (unpaired) electrons. The van der Waals surface area contributed by atoms with Crippen LogP contribution in [0, 0.1) is 6.42 Å². The quantitative estimate of drug-likeness (QED) is 0.641. The topological polar surface area (TPSA) is 9.23 Å². The normalized spacial score (nSPS) is 9.64. The Labute approximate surface area is 68.0 Å². The molecule has 0 unspecified atom stereocenters. The molecule has 0 aliphatic rings. The summed E-state index contributed by atoms with van der Waals surface area (Å²) in [5, 5.41) is 0. The van der Waals surface area contributed by atoms with E-state index < -0.39 is 0 Å². The third-order valence-electron chi connectivity index (χ3n) is 1.60. The van der Waals surface area contributed by atoms with Gasteiger partial charge in [-0.2, -0.15) is 0 Å². The number of hydrogen-bond acceptors (Lipinski definition) is 1. The van der Waals surface area contributed by atoms with Crippen molar-refractivity contribution < 1.29 is 4.74 Å². The Hall–Kier alpha value is -0.980. The minimum absolute atomic E-state index is 0.921. The smallest absolute Gasteiger partial charge is 0.118 e. The van der Waals surface area contributed by atoms with Gasteiger partial charge in [0.2, 0.25) is 0 Å². The van der Waals surface area contributed by atoms with E-state index in [1.54, 1.807) is 7.11 Å². The zero-order valence-electron chi connectivity index (χ0n) is 7.00. The molecule has 1 aromatic rings. The minimum atomic E-state index is 0.921. The minimum Gasteiger partial charge on any atom is -0.497 e. The van der Waals surface area contributed by atoms with Gasteiger partial charge < -0.3 is 4.74 Å². The van der Waals surface area contributed by atoms with Crippen LogP contribution in [-0.4, -0.2) is 7.11 Å². The standard InChI is InChI=1S/C10H13O/c1-3-4-9-5-7-10(11-2)8-6-9/h3,5-8H,4H2,1-2H3. The van der Waals surface area contributed by atoms with Gasteiger partial charge in [-0.25, -0.2) is 0 Å². The lowest BCUT2D eigenvalue weighted by molar-refractivity contribution is 0.414. The summed E-state index contributed by atoms with van der Waals surface area (Å²) in [5.74, 6) is 0.921. The summed E-state index contributed by atoms with van der Waals surface area (Å²) in [6, 6.07) is 8.13. The van der Waals surface area contributed by atoms with E-state index in [0.29, 0.717) is 0 Å². The van der Waals surface area contributed by atoms with E-state index in [9.17, 15) is 0 Å². The summed E-state index contributed by atoms with van der Waals surface area (Å²) >= 11 is 0. The van der Waals surface area contributed by atoms with E-state index in [1.165, 1.54) is 5.56 Å². The summed E-state index contributed by atoms with van der Waals surface area (Å²) in [5.41, 5.74) is 1.33. The molecule has 0 amide bonds. The number of hydrogen-bond donors (Lipinski definition) is 0. The first-order chi connectivity index (χ1) is 5.36. The van der Waals surface area contributed by atoms with Crippen molar-refractivity contribution in [3.8, 4) is 5.75 Å². The average Bonchev–Trinajstić information content (AvgIpc) is 2.07. The average molecular weight is 149 g/mol. The second-order valence-electron chi connectivity index (χ2n) is 2.46. The zero-order chi connectivity index (χ0) is 8.10. The van der Waals surface area contributed by atoms with Crippen LogP contribution < -0.4 is 4.74 Å². The van der Waals surface area contributed by atoms with Gasteiger partial charge in [0, 0.05) is 0 Å². The maximum Gasteiger partial charge on any atom is 0.118 e. The Kier molecular flexibility index (Phi) is 2.96. The van der Waals surface area contributed by atoms with Crippen molar-refractivity contribution in [1.82, 2.24) is 0 Å². The van der Waals surface area contributed by atoms with E-state index in [-0.39, 0.29) is 0 Å². The Morgan fingerprint density at radius 3 is 2.36 bits per heavy atom. The highest BCUT2D eigenvalue weighted by atomic mass is 16.5. The summed E-state index contributed by atoms with van der Waals surface area (Å²) in [6.45, 7) is 2.06. The second kappa shape index (κ2) is 4.02. The molecule has 0 saturated carbocycles. The number of methoxy groups -OCH3 is 1. The maximum absolute atomic E-state index is 5.04. The highest BCUT2D eigenvalue weighted by Gasteiger charge is 1.91. The van der Waals surface area contributed by atoms with Crippen LogP contribution in [0.1, 0.15) is 12.5 Å². The van der Waals surface area contributed by atoms with Crippen molar-refractivity contribution in [2.24, 2.45) is 0 Å². The van der Waals surface area contributed by atoms with Gasteiger partial charge in [0.15, 0.2) is 0 Å². The van der Waals surface area contributed by atoms with Crippen molar-refractivity contribution in [2.45, 2.75) is 13.3 Å². The van der Waals surface area contributed by atoms with Crippen LogP contribution in [0.5, 0.6) is 5.75 Å². The molecular weight excluding hydrogens is 136 g/mol. The molecular formula is C10H13O. The first kappa shape index (κ1) is 8.12. The van der Waals surface area contributed by atoms with Crippen LogP contribution >= 0.6 is 0 Å². The summed E-state index contributed by atoms with van der Waals surface area (Å²) < 4.78 is 5.04. The molecule has 0 fully saturated rings. The van der Waals surface area contributed by atoms with E-state index in [1.807, 2.05) is 12.1 Å². The first-order valence-electron chi connectivity index (χ1n) is 3.77. The first-order valence-corrected chi connectivity index (χ1v) is 3.77. The van der Waals surface area contributed by atoms with Crippen molar-refractivity contribution >= 4 is 0 Å². The SMILES string of the molecule is C[CH]Cc1ccc(OC)cc1. The predicted molar refractivity (Wildman–Crippen MR) is 46.7 cm³/mol. The molecule has 0 N–H and O–H groups in total. The third kappa shape index (κ3) is 2.26. The molecule has 0 aliphatic carbocycles. The van der Waals surface area contributed by atoms with Gasteiger partial charge in [0.05, 0.1) is 7.11 Å². The van der Waals surface area contributed by atoms with Gasteiger partial charge in [0.1, 0.15) is 5.75 Å². The molecule has 0 aromatic heterocycles. The monoisotopic (exact) mass is 149 g/mol. The van der Waals surface area contributed by atoms with Crippen molar-refractivity contribution in [1.29, 1.82) is 0 Å². The van der Waals surface area contributed by atoms with Gasteiger partial charge in [0.25, 0.3) is 0 Å². The summed E-state index contributed by atoms with van der Waals surface area (Å²) in [6.07, 6.45) is 3.17. The van der Waals surface area contributed by atoms with E-state index in [2.05, 4.69) is 25.5 Å². The van der Waals surface area contributed by atoms with Crippen LogP contribution in [0.25, 0.3) is 0 Å². The highest BCUT2D eigenvalue weighted by molar-refractivity contribution is 5.27. The number of ether oxygens (including phenoxy) is 1. The molecule has 0 bridgehead atoms. The number of benzene rings is 1. The van der Waals surface area contributed by atoms with Crippen LogP contribution in [0.15, 0.2) is 24.3 Å². The lowest BCUT2D eigenvalue weighted by Crippen LogP contribution is -1.85. The molecule has 0 aliphatic heterocycles. The van der Waals surface area contributed by atoms with E-state index in [0.717, 1.165) is 12.2 Å². The van der Waals surface area contributed by atoms with Crippen LogP contribution in [0.2, 0.25) is 0 Å². The van der Waals surface area contributed by atoms with Crippen LogP contribution in [-0.2, 0) is 6.42 Å². The van der Waals surface area contributed by atoms with Crippen LogP contribution in [0.4, 0.5) is 0 Å². The summed E-state index contributed by atoms with van der Waals surface area (Å²) in [7, 11) is 1.68. The maximum atomic E-state index is 5.04. The molecule has 1 heteroatoms. The molecule has 11 heavy (non-hydrogen) atoms. The molecule has 0 spiro atoms. The van der Waals surface area contributed by atoms with E-state index >= 15 is 0 Å². The van der Waals surface area contributed by atoms with E-state index in [4.69, 9.17) is 4.74 Å².